The van der Waals surface area contributed by atoms with Crippen molar-refractivity contribution in [2.24, 2.45) is 0 Å². The zero-order valence-corrected chi connectivity index (χ0v) is 19.5. The molecule has 0 radical (unpaired) electrons. The van der Waals surface area contributed by atoms with Crippen LogP contribution in [0.1, 0.15) is 31.8 Å². The number of imide groups is 1. The summed E-state index contributed by atoms with van der Waals surface area (Å²) in [5.74, 6) is -0.347. The van der Waals surface area contributed by atoms with Crippen LogP contribution in [0, 0.1) is 11.3 Å². The van der Waals surface area contributed by atoms with E-state index < -0.39 is 10.0 Å². The fraction of sp³-hybridized carbons (Fsp3) is 0.0800. The van der Waals surface area contributed by atoms with Crippen molar-refractivity contribution in [2.75, 3.05) is 11.3 Å². The summed E-state index contributed by atoms with van der Waals surface area (Å²) in [6.45, 7) is 0.172. The van der Waals surface area contributed by atoms with E-state index in [1.54, 1.807) is 54.6 Å². The van der Waals surface area contributed by atoms with Crippen LogP contribution in [-0.2, 0) is 16.4 Å². The lowest BCUT2D eigenvalue weighted by Gasteiger charge is -2.14. The van der Waals surface area contributed by atoms with Gasteiger partial charge in [-0.1, -0.05) is 30.3 Å². The Labute approximate surface area is 206 Å². The number of amides is 2. The molecule has 4 aromatic rings. The average molecular weight is 499 g/mol. The maximum absolute atomic E-state index is 13.1. The summed E-state index contributed by atoms with van der Waals surface area (Å²) in [6, 6.07) is 19.7. The number of sulfonamides is 1. The number of pyridine rings is 1. The van der Waals surface area contributed by atoms with Crippen LogP contribution in [0.4, 0.5) is 5.82 Å². The van der Waals surface area contributed by atoms with Crippen molar-refractivity contribution in [2.45, 2.75) is 11.3 Å². The van der Waals surface area contributed by atoms with Crippen LogP contribution >= 0.6 is 0 Å². The summed E-state index contributed by atoms with van der Waals surface area (Å²) in [5.41, 5.74) is 1.57. The molecular formula is C25H18N6O4S. The summed E-state index contributed by atoms with van der Waals surface area (Å²) in [7, 11) is -4.06. The topological polar surface area (TPSA) is 138 Å². The van der Waals surface area contributed by atoms with Crippen LogP contribution in [0.25, 0.3) is 5.82 Å². The number of rotatable bonds is 7. The molecule has 0 spiro atoms. The van der Waals surface area contributed by atoms with Gasteiger partial charge in [0.15, 0.2) is 11.6 Å². The number of aromatic nitrogens is 3. The first-order valence-electron chi connectivity index (χ1n) is 10.9. The van der Waals surface area contributed by atoms with E-state index in [4.69, 9.17) is 0 Å². The number of nitrogens with zero attached hydrogens (tertiary/aromatic N) is 5. The minimum Gasteiger partial charge on any atom is -0.274 e. The number of fused-ring (bicyclic) bond motifs is 1. The van der Waals surface area contributed by atoms with Crippen LogP contribution < -0.4 is 4.72 Å². The highest BCUT2D eigenvalue weighted by atomic mass is 32.2. The number of hydrogen-bond donors (Lipinski definition) is 1. The van der Waals surface area contributed by atoms with E-state index in [1.165, 1.54) is 34.1 Å². The van der Waals surface area contributed by atoms with Crippen LogP contribution in [-0.4, -0.2) is 46.4 Å². The van der Waals surface area contributed by atoms with Gasteiger partial charge >= 0.3 is 0 Å². The van der Waals surface area contributed by atoms with Gasteiger partial charge in [0.05, 0.1) is 22.2 Å². The third kappa shape index (κ3) is 4.10. The van der Waals surface area contributed by atoms with Crippen LogP contribution in [0.2, 0.25) is 0 Å². The molecule has 0 fully saturated rings. The van der Waals surface area contributed by atoms with Crippen molar-refractivity contribution < 1.29 is 18.0 Å². The van der Waals surface area contributed by atoms with E-state index in [0.717, 1.165) is 5.56 Å². The van der Waals surface area contributed by atoms with Crippen molar-refractivity contribution in [3.63, 3.8) is 0 Å². The Balaban J connectivity index is 1.31. The van der Waals surface area contributed by atoms with E-state index in [9.17, 15) is 23.3 Å². The molecule has 10 nitrogen and oxygen atoms in total. The molecule has 0 saturated carbocycles. The molecule has 1 N–H and O–H groups in total. The third-order valence-electron chi connectivity index (χ3n) is 5.72. The van der Waals surface area contributed by atoms with E-state index in [-0.39, 0.29) is 34.6 Å². The molecule has 0 saturated heterocycles. The smallest absolute Gasteiger partial charge is 0.263 e. The fourth-order valence-electron chi connectivity index (χ4n) is 3.89. The van der Waals surface area contributed by atoms with Crippen molar-refractivity contribution in [1.82, 2.24) is 19.7 Å². The van der Waals surface area contributed by atoms with Crippen LogP contribution in [0.5, 0.6) is 0 Å². The average Bonchev–Trinajstić information content (AvgIpc) is 3.41. The summed E-state index contributed by atoms with van der Waals surface area (Å²) < 4.78 is 29.8. The molecule has 0 bridgehead atoms. The van der Waals surface area contributed by atoms with Gasteiger partial charge in [-0.25, -0.2) is 13.4 Å². The zero-order valence-electron chi connectivity index (χ0n) is 18.7. The Bertz CT molecular complexity index is 1590. The van der Waals surface area contributed by atoms with Gasteiger partial charge in [-0.3, -0.25) is 19.2 Å². The number of anilines is 1. The first-order valence-corrected chi connectivity index (χ1v) is 12.3. The molecule has 3 heterocycles. The van der Waals surface area contributed by atoms with Crippen LogP contribution in [0.15, 0.2) is 84.0 Å². The lowest BCUT2D eigenvalue weighted by molar-refractivity contribution is 0.0656. The van der Waals surface area contributed by atoms with Crippen molar-refractivity contribution in [1.29, 1.82) is 5.26 Å². The Morgan fingerprint density at radius 3 is 2.19 bits per heavy atom. The van der Waals surface area contributed by atoms with Gasteiger partial charge < -0.3 is 0 Å². The molecular weight excluding hydrogens is 480 g/mol. The summed E-state index contributed by atoms with van der Waals surface area (Å²) in [4.78, 5) is 30.4. The maximum Gasteiger partial charge on any atom is 0.263 e. The Hall–Kier alpha value is -4.82. The van der Waals surface area contributed by atoms with Crippen molar-refractivity contribution >= 4 is 27.7 Å². The van der Waals surface area contributed by atoms with Crippen molar-refractivity contribution in [3.05, 3.63) is 101 Å². The normalized spacial score (nSPS) is 12.9. The summed E-state index contributed by atoms with van der Waals surface area (Å²) in [6.07, 6.45) is 3.15. The van der Waals surface area contributed by atoms with Crippen LogP contribution in [0.3, 0.4) is 0 Å². The van der Waals surface area contributed by atoms with Gasteiger partial charge in [0, 0.05) is 12.7 Å². The monoisotopic (exact) mass is 498 g/mol. The second-order valence-corrected chi connectivity index (χ2v) is 9.61. The van der Waals surface area contributed by atoms with E-state index in [1.807, 2.05) is 6.07 Å². The molecule has 11 heteroatoms. The van der Waals surface area contributed by atoms with Gasteiger partial charge in [-0.05, 0) is 48.4 Å². The van der Waals surface area contributed by atoms with E-state index >= 15 is 0 Å². The second-order valence-electron chi connectivity index (χ2n) is 7.93. The van der Waals surface area contributed by atoms with E-state index in [2.05, 4.69) is 14.8 Å². The van der Waals surface area contributed by atoms with Crippen molar-refractivity contribution in [3.8, 4) is 11.9 Å². The SMILES string of the molecule is N#Cc1cnn(-c2ccccn2)c1NS(=O)(=O)c1ccc(CCN2C(=O)c3ccccc3C2=O)cc1. The predicted octanol–water partition coefficient (Wildman–Crippen LogP) is 2.78. The molecule has 5 rings (SSSR count). The van der Waals surface area contributed by atoms with E-state index in [0.29, 0.717) is 23.4 Å². The zero-order chi connectivity index (χ0) is 25.3. The molecule has 0 unspecified atom stereocenters. The second kappa shape index (κ2) is 9.09. The molecule has 0 aliphatic carbocycles. The fourth-order valence-corrected chi connectivity index (χ4v) is 4.95. The highest BCUT2D eigenvalue weighted by Crippen LogP contribution is 2.24. The standard InChI is InChI=1S/C25H18N6O4S/c26-15-18-16-28-31(22-7-3-4-13-27-22)23(18)29-36(34,35)19-10-8-17(9-11-19)12-14-30-24(32)20-5-1-2-6-21(20)25(30)33/h1-11,13,16,29H,12,14H2. The highest BCUT2D eigenvalue weighted by Gasteiger charge is 2.34. The first-order chi connectivity index (χ1) is 17.4. The number of hydrogen-bond acceptors (Lipinski definition) is 7. The quantitative estimate of drug-likeness (QED) is 0.387. The Morgan fingerprint density at radius 1 is 0.917 bits per heavy atom. The molecule has 0 atom stereocenters. The molecule has 2 amide bonds. The number of nitrogens with one attached hydrogen (secondary N) is 1. The van der Waals surface area contributed by atoms with Gasteiger partial charge in [0.2, 0.25) is 0 Å². The number of carbonyl (C=O) groups excluding carboxylic acids is 2. The molecule has 2 aromatic heterocycles. The molecule has 2 aromatic carbocycles. The minimum atomic E-state index is -4.06. The summed E-state index contributed by atoms with van der Waals surface area (Å²) in [5, 5.41) is 13.5. The predicted molar refractivity (Wildman–Crippen MR) is 129 cm³/mol. The minimum absolute atomic E-state index is 0.0223. The molecule has 1 aliphatic heterocycles. The highest BCUT2D eigenvalue weighted by molar-refractivity contribution is 7.92. The first kappa shape index (κ1) is 22.9. The van der Waals surface area contributed by atoms with Gasteiger partial charge in [0.1, 0.15) is 11.6 Å². The largest absolute Gasteiger partial charge is 0.274 e. The van der Waals surface area contributed by atoms with Gasteiger partial charge in [-0.15, -0.1) is 0 Å². The van der Waals surface area contributed by atoms with Gasteiger partial charge in [-0.2, -0.15) is 15.0 Å². The maximum atomic E-state index is 13.1. The Morgan fingerprint density at radius 2 is 1.58 bits per heavy atom. The lowest BCUT2D eigenvalue weighted by Crippen LogP contribution is -2.31. The van der Waals surface area contributed by atoms with Gasteiger partial charge in [0.25, 0.3) is 21.8 Å². The molecule has 36 heavy (non-hydrogen) atoms. The number of benzene rings is 2. The number of carbonyl (C=O) groups is 2. The molecule has 1 aliphatic rings. The molecule has 178 valence electrons. The third-order valence-corrected chi connectivity index (χ3v) is 7.08. The number of nitriles is 1. The summed E-state index contributed by atoms with van der Waals surface area (Å²) >= 11 is 0. The Kier molecular flexibility index (Phi) is 5.79. The lowest BCUT2D eigenvalue weighted by atomic mass is 10.1.